The van der Waals surface area contributed by atoms with E-state index in [4.69, 9.17) is 0 Å². The molecule has 0 radical (unpaired) electrons. The molecule has 0 saturated carbocycles. The van der Waals surface area contributed by atoms with Gasteiger partial charge in [-0.1, -0.05) is 35.0 Å². The van der Waals surface area contributed by atoms with Crippen molar-refractivity contribution in [3.63, 3.8) is 0 Å². The summed E-state index contributed by atoms with van der Waals surface area (Å²) in [5.74, 6) is 0. The molecule has 1 heterocycles. The van der Waals surface area contributed by atoms with E-state index in [2.05, 4.69) is 71.7 Å². The number of hydrogen-bond acceptors (Lipinski definition) is 2. The number of benzene rings is 1. The summed E-state index contributed by atoms with van der Waals surface area (Å²) in [5.41, 5.74) is 3.97. The highest BCUT2D eigenvalue weighted by Gasteiger charge is 2.14. The molecule has 96 valence electrons. The lowest BCUT2D eigenvalue weighted by Gasteiger charge is -2.18. The van der Waals surface area contributed by atoms with Crippen LogP contribution < -0.4 is 5.32 Å². The Morgan fingerprint density at radius 3 is 2.56 bits per heavy atom. The first-order chi connectivity index (χ1) is 8.61. The first kappa shape index (κ1) is 13.8. The van der Waals surface area contributed by atoms with E-state index in [9.17, 15) is 0 Å². The van der Waals surface area contributed by atoms with Crippen molar-refractivity contribution in [3.05, 3.63) is 55.7 Å². The maximum absolute atomic E-state index is 3.57. The Bertz CT molecular complexity index is 533. The summed E-state index contributed by atoms with van der Waals surface area (Å²) in [6.07, 6.45) is 0. The molecule has 0 bridgehead atoms. The van der Waals surface area contributed by atoms with Crippen molar-refractivity contribution >= 4 is 27.3 Å². The largest absolute Gasteiger partial charge is 0.307 e. The molecule has 18 heavy (non-hydrogen) atoms. The normalized spacial score (nSPS) is 12.7. The molecule has 1 N–H and O–H groups in total. The third-order valence-corrected chi connectivity index (χ3v) is 4.78. The number of hydrogen-bond donors (Lipinski definition) is 1. The fourth-order valence-electron chi connectivity index (χ4n) is 2.09. The van der Waals surface area contributed by atoms with Crippen LogP contribution in [0.15, 0.2) is 34.1 Å². The first-order valence-corrected chi connectivity index (χ1v) is 7.83. The predicted octanol–water partition coefficient (Wildman–Crippen LogP) is 4.83. The minimum Gasteiger partial charge on any atom is -0.307 e. The van der Waals surface area contributed by atoms with Crippen molar-refractivity contribution in [3.8, 4) is 0 Å². The van der Waals surface area contributed by atoms with E-state index in [1.807, 2.05) is 11.3 Å². The number of nitrogens with one attached hydrogen (secondary N) is 1. The number of aryl methyl sites for hydroxylation is 2. The van der Waals surface area contributed by atoms with E-state index >= 15 is 0 Å². The van der Waals surface area contributed by atoms with Gasteiger partial charge in [-0.05, 0) is 54.6 Å². The van der Waals surface area contributed by atoms with Gasteiger partial charge in [-0.3, -0.25) is 0 Å². The molecular formula is C15H18BrNS. The van der Waals surface area contributed by atoms with Gasteiger partial charge in [-0.25, -0.2) is 0 Å². The average molecular weight is 324 g/mol. The van der Waals surface area contributed by atoms with Crippen LogP contribution in [0.2, 0.25) is 0 Å². The van der Waals surface area contributed by atoms with Crippen molar-refractivity contribution in [2.24, 2.45) is 0 Å². The summed E-state index contributed by atoms with van der Waals surface area (Å²) >= 11 is 5.37. The molecule has 0 aliphatic carbocycles. The van der Waals surface area contributed by atoms with E-state index in [1.165, 1.54) is 26.0 Å². The van der Waals surface area contributed by atoms with Gasteiger partial charge in [0.2, 0.25) is 0 Å². The quantitative estimate of drug-likeness (QED) is 0.850. The topological polar surface area (TPSA) is 12.0 Å². The minimum absolute atomic E-state index is 0.298. The molecule has 0 spiro atoms. The van der Waals surface area contributed by atoms with Gasteiger partial charge in [0.15, 0.2) is 0 Å². The maximum atomic E-state index is 3.57. The monoisotopic (exact) mass is 323 g/mol. The molecule has 0 aliphatic rings. The second-order valence-corrected chi connectivity index (χ2v) is 6.46. The molecule has 1 unspecified atom stereocenters. The lowest BCUT2D eigenvalue weighted by atomic mass is 9.99. The first-order valence-electron chi connectivity index (χ1n) is 6.16. The van der Waals surface area contributed by atoms with Crippen LogP contribution in [0.3, 0.4) is 0 Å². The Morgan fingerprint density at radius 2 is 2.00 bits per heavy atom. The summed E-state index contributed by atoms with van der Waals surface area (Å²) in [6.45, 7) is 7.41. The van der Waals surface area contributed by atoms with Crippen LogP contribution in [-0.2, 0) is 0 Å². The highest BCUT2D eigenvalue weighted by Crippen LogP contribution is 2.28. The standard InChI is InChI=1S/C15H18BrNS/c1-4-17-15(13-8-11(3)18-9-13)12-5-6-14(16)10(2)7-12/h5-9,15,17H,4H2,1-3H3. The third-order valence-electron chi connectivity index (χ3n) is 3.01. The van der Waals surface area contributed by atoms with Gasteiger partial charge in [-0.2, -0.15) is 0 Å². The van der Waals surface area contributed by atoms with Crippen LogP contribution in [0, 0.1) is 13.8 Å². The zero-order chi connectivity index (χ0) is 13.1. The zero-order valence-corrected chi connectivity index (χ0v) is 13.4. The van der Waals surface area contributed by atoms with Crippen LogP contribution in [0.4, 0.5) is 0 Å². The van der Waals surface area contributed by atoms with E-state index in [0.29, 0.717) is 6.04 Å². The van der Waals surface area contributed by atoms with Gasteiger partial charge in [0.1, 0.15) is 0 Å². The summed E-state index contributed by atoms with van der Waals surface area (Å²) in [4.78, 5) is 1.36. The van der Waals surface area contributed by atoms with Crippen LogP contribution in [-0.4, -0.2) is 6.54 Å². The molecule has 1 nitrogen and oxygen atoms in total. The molecule has 0 aliphatic heterocycles. The van der Waals surface area contributed by atoms with Gasteiger partial charge >= 0.3 is 0 Å². The molecule has 1 aromatic carbocycles. The Hall–Kier alpha value is -0.640. The van der Waals surface area contributed by atoms with Gasteiger partial charge in [0, 0.05) is 9.35 Å². The maximum Gasteiger partial charge on any atom is 0.0585 e. The Balaban J connectivity index is 2.37. The highest BCUT2D eigenvalue weighted by molar-refractivity contribution is 9.10. The molecule has 1 atom stereocenters. The number of halogens is 1. The van der Waals surface area contributed by atoms with Crippen molar-refractivity contribution in [1.29, 1.82) is 0 Å². The fraction of sp³-hybridized carbons (Fsp3) is 0.333. The highest BCUT2D eigenvalue weighted by atomic mass is 79.9. The fourth-order valence-corrected chi connectivity index (χ4v) is 3.07. The third kappa shape index (κ3) is 3.02. The summed E-state index contributed by atoms with van der Waals surface area (Å²) < 4.78 is 1.17. The Kier molecular flexibility index (Phi) is 4.60. The van der Waals surface area contributed by atoms with Gasteiger partial charge in [-0.15, -0.1) is 11.3 Å². The van der Waals surface area contributed by atoms with Crippen molar-refractivity contribution < 1.29 is 0 Å². The van der Waals surface area contributed by atoms with Crippen LogP contribution in [0.1, 0.15) is 34.5 Å². The van der Waals surface area contributed by atoms with E-state index < -0.39 is 0 Å². The van der Waals surface area contributed by atoms with Gasteiger partial charge in [0.25, 0.3) is 0 Å². The number of thiophene rings is 1. The Morgan fingerprint density at radius 1 is 1.22 bits per heavy atom. The SMILES string of the molecule is CCNC(c1csc(C)c1)c1ccc(Br)c(C)c1. The Labute approximate surface area is 121 Å². The molecule has 1 aromatic heterocycles. The van der Waals surface area contributed by atoms with Crippen LogP contribution in [0.25, 0.3) is 0 Å². The average Bonchev–Trinajstić information content (AvgIpc) is 2.76. The minimum atomic E-state index is 0.298. The molecule has 0 amide bonds. The molecule has 2 rings (SSSR count). The van der Waals surface area contributed by atoms with E-state index in [1.54, 1.807) is 0 Å². The lowest BCUT2D eigenvalue weighted by Crippen LogP contribution is -2.21. The summed E-state index contributed by atoms with van der Waals surface area (Å²) in [7, 11) is 0. The molecule has 3 heteroatoms. The molecular weight excluding hydrogens is 306 g/mol. The van der Waals surface area contributed by atoms with Crippen molar-refractivity contribution in [2.45, 2.75) is 26.8 Å². The smallest absolute Gasteiger partial charge is 0.0585 e. The molecule has 2 aromatic rings. The number of rotatable bonds is 4. The van der Waals surface area contributed by atoms with Crippen LogP contribution >= 0.6 is 27.3 Å². The van der Waals surface area contributed by atoms with E-state index in [-0.39, 0.29) is 0 Å². The van der Waals surface area contributed by atoms with Crippen molar-refractivity contribution in [2.75, 3.05) is 6.54 Å². The summed E-state index contributed by atoms with van der Waals surface area (Å²) in [5, 5.41) is 5.82. The van der Waals surface area contributed by atoms with E-state index in [0.717, 1.165) is 6.54 Å². The van der Waals surface area contributed by atoms with Gasteiger partial charge < -0.3 is 5.32 Å². The molecule has 0 fully saturated rings. The second-order valence-electron chi connectivity index (χ2n) is 4.49. The lowest BCUT2D eigenvalue weighted by molar-refractivity contribution is 0.632. The predicted molar refractivity (Wildman–Crippen MR) is 83.5 cm³/mol. The van der Waals surface area contributed by atoms with Gasteiger partial charge in [0.05, 0.1) is 6.04 Å². The van der Waals surface area contributed by atoms with Crippen LogP contribution in [0.5, 0.6) is 0 Å². The molecule has 0 saturated heterocycles. The second kappa shape index (κ2) is 6.00. The zero-order valence-electron chi connectivity index (χ0n) is 11.0. The van der Waals surface area contributed by atoms with Crippen molar-refractivity contribution in [1.82, 2.24) is 5.32 Å². The summed E-state index contributed by atoms with van der Waals surface area (Å²) in [6, 6.07) is 9.15.